The fourth-order valence-corrected chi connectivity index (χ4v) is 2.29. The molecule has 0 aliphatic carbocycles. The van der Waals surface area contributed by atoms with Crippen LogP contribution in [0.25, 0.3) is 0 Å². The molecule has 1 aromatic rings. The number of carbonyl (C=O) groups is 1. The van der Waals surface area contributed by atoms with E-state index in [4.69, 9.17) is 5.73 Å². The molecular formula is C16H28N4O. The zero-order chi connectivity index (χ0) is 15.7. The molecule has 2 N–H and O–H groups in total. The van der Waals surface area contributed by atoms with E-state index in [-0.39, 0.29) is 5.91 Å². The maximum Gasteiger partial charge on any atom is 0.228 e. The number of hydrogen-bond acceptors (Lipinski definition) is 4. The summed E-state index contributed by atoms with van der Waals surface area (Å²) in [5, 5.41) is 0. The number of aromatic nitrogens is 1. The van der Waals surface area contributed by atoms with Crippen molar-refractivity contribution in [3.63, 3.8) is 0 Å². The van der Waals surface area contributed by atoms with E-state index >= 15 is 0 Å². The number of rotatable bonds is 9. The number of anilines is 1. The molecule has 0 bridgehead atoms. The molecule has 1 aromatic heterocycles. The summed E-state index contributed by atoms with van der Waals surface area (Å²) in [4.78, 5) is 20.8. The first kappa shape index (κ1) is 17.4. The fraction of sp³-hybridized carbons (Fsp3) is 0.625. The Bertz CT molecular complexity index is 415. The highest BCUT2D eigenvalue weighted by atomic mass is 16.2. The first-order valence-corrected chi connectivity index (χ1v) is 7.81. The van der Waals surface area contributed by atoms with Crippen LogP contribution in [0.1, 0.15) is 32.9 Å². The van der Waals surface area contributed by atoms with Gasteiger partial charge >= 0.3 is 0 Å². The second-order valence-corrected chi connectivity index (χ2v) is 5.11. The highest BCUT2D eigenvalue weighted by molar-refractivity contribution is 5.78. The number of hydrogen-bond donors (Lipinski definition) is 1. The average molecular weight is 292 g/mol. The van der Waals surface area contributed by atoms with E-state index in [9.17, 15) is 4.79 Å². The molecule has 1 amide bonds. The minimum atomic E-state index is 0.134. The van der Waals surface area contributed by atoms with Gasteiger partial charge in [0.2, 0.25) is 5.91 Å². The first-order chi connectivity index (χ1) is 10.1. The quantitative estimate of drug-likeness (QED) is 0.753. The Kier molecular flexibility index (Phi) is 7.75. The van der Waals surface area contributed by atoms with Crippen LogP contribution < -0.4 is 5.73 Å². The van der Waals surface area contributed by atoms with E-state index in [2.05, 4.69) is 23.7 Å². The van der Waals surface area contributed by atoms with Gasteiger partial charge < -0.3 is 15.5 Å². The van der Waals surface area contributed by atoms with Crippen molar-refractivity contribution in [2.45, 2.75) is 33.6 Å². The number of carbonyl (C=O) groups excluding carboxylic acids is 1. The Morgan fingerprint density at radius 1 is 1.14 bits per heavy atom. The van der Waals surface area contributed by atoms with Gasteiger partial charge in [-0.3, -0.25) is 9.78 Å². The second kappa shape index (κ2) is 9.34. The molecule has 118 valence electrons. The number of amides is 1. The molecule has 0 saturated carbocycles. The van der Waals surface area contributed by atoms with Gasteiger partial charge in [0.25, 0.3) is 0 Å². The van der Waals surface area contributed by atoms with Gasteiger partial charge in [0.1, 0.15) is 0 Å². The van der Waals surface area contributed by atoms with Crippen molar-refractivity contribution >= 4 is 11.6 Å². The highest BCUT2D eigenvalue weighted by Gasteiger charge is 2.13. The SMILES string of the molecule is CCN(CC)CCCN(CC)C(=O)Cc1ccc(N)cn1. The summed E-state index contributed by atoms with van der Waals surface area (Å²) in [5.74, 6) is 0.134. The monoisotopic (exact) mass is 292 g/mol. The lowest BCUT2D eigenvalue weighted by Crippen LogP contribution is -2.35. The summed E-state index contributed by atoms with van der Waals surface area (Å²) in [6.07, 6.45) is 2.95. The van der Waals surface area contributed by atoms with Gasteiger partial charge in [-0.1, -0.05) is 13.8 Å². The molecular weight excluding hydrogens is 264 g/mol. The van der Waals surface area contributed by atoms with Crippen LogP contribution in [0.3, 0.4) is 0 Å². The predicted octanol–water partition coefficient (Wildman–Crippen LogP) is 1.79. The standard InChI is InChI=1S/C16H28N4O/c1-4-19(5-2)10-7-11-20(6-3)16(21)12-15-9-8-14(17)13-18-15/h8-9,13H,4-7,10-12,17H2,1-3H3. The molecule has 1 rings (SSSR count). The molecule has 21 heavy (non-hydrogen) atoms. The molecule has 1 heterocycles. The smallest absolute Gasteiger partial charge is 0.228 e. The number of nitrogens with two attached hydrogens (primary N) is 1. The average Bonchev–Trinajstić information content (AvgIpc) is 2.50. The third-order valence-corrected chi connectivity index (χ3v) is 3.71. The third kappa shape index (κ3) is 6.12. The molecule has 0 saturated heterocycles. The topological polar surface area (TPSA) is 62.5 Å². The number of nitrogen functional groups attached to an aromatic ring is 1. The van der Waals surface area contributed by atoms with Crippen LogP contribution in [-0.2, 0) is 11.2 Å². The van der Waals surface area contributed by atoms with Crippen LogP contribution in [0.15, 0.2) is 18.3 Å². The molecule has 5 nitrogen and oxygen atoms in total. The number of nitrogens with zero attached hydrogens (tertiary/aromatic N) is 3. The van der Waals surface area contributed by atoms with E-state index in [1.54, 1.807) is 12.3 Å². The zero-order valence-electron chi connectivity index (χ0n) is 13.5. The Labute approximate surface area is 128 Å². The van der Waals surface area contributed by atoms with Crippen molar-refractivity contribution in [2.75, 3.05) is 38.5 Å². The maximum absolute atomic E-state index is 12.3. The van der Waals surface area contributed by atoms with E-state index in [1.165, 1.54) is 0 Å². The van der Waals surface area contributed by atoms with E-state index < -0.39 is 0 Å². The molecule has 0 fully saturated rings. The van der Waals surface area contributed by atoms with Crippen molar-refractivity contribution in [3.05, 3.63) is 24.0 Å². The van der Waals surface area contributed by atoms with Crippen molar-refractivity contribution in [1.82, 2.24) is 14.8 Å². The molecule has 0 aliphatic rings. The highest BCUT2D eigenvalue weighted by Crippen LogP contribution is 2.05. The van der Waals surface area contributed by atoms with Crippen LogP contribution >= 0.6 is 0 Å². The summed E-state index contributed by atoms with van der Waals surface area (Å²) >= 11 is 0. The van der Waals surface area contributed by atoms with Crippen LogP contribution in [-0.4, -0.2) is 53.4 Å². The molecule has 0 aromatic carbocycles. The molecule has 0 unspecified atom stereocenters. The Morgan fingerprint density at radius 3 is 2.38 bits per heavy atom. The summed E-state index contributed by atoms with van der Waals surface area (Å²) in [6, 6.07) is 3.60. The van der Waals surface area contributed by atoms with Gasteiger partial charge in [0.05, 0.1) is 18.3 Å². The van der Waals surface area contributed by atoms with Gasteiger partial charge in [0, 0.05) is 18.8 Å². The van der Waals surface area contributed by atoms with Gasteiger partial charge in [-0.15, -0.1) is 0 Å². The van der Waals surface area contributed by atoms with Gasteiger partial charge in [-0.05, 0) is 45.1 Å². The Morgan fingerprint density at radius 2 is 1.86 bits per heavy atom. The van der Waals surface area contributed by atoms with Gasteiger partial charge in [0.15, 0.2) is 0 Å². The summed E-state index contributed by atoms with van der Waals surface area (Å²) < 4.78 is 0. The molecule has 0 aliphatic heterocycles. The molecule has 5 heteroatoms. The minimum absolute atomic E-state index is 0.134. The molecule has 0 spiro atoms. The van der Waals surface area contributed by atoms with Crippen LogP contribution in [0, 0.1) is 0 Å². The first-order valence-electron chi connectivity index (χ1n) is 7.81. The van der Waals surface area contributed by atoms with Crippen molar-refractivity contribution in [1.29, 1.82) is 0 Å². The summed E-state index contributed by atoms with van der Waals surface area (Å²) in [7, 11) is 0. The predicted molar refractivity (Wildman–Crippen MR) is 87.0 cm³/mol. The normalized spacial score (nSPS) is 10.9. The van der Waals surface area contributed by atoms with Crippen molar-refractivity contribution < 1.29 is 4.79 Å². The number of likely N-dealkylation sites (N-methyl/N-ethyl adjacent to an activating group) is 1. The van der Waals surface area contributed by atoms with Crippen LogP contribution in [0.5, 0.6) is 0 Å². The third-order valence-electron chi connectivity index (χ3n) is 3.71. The largest absolute Gasteiger partial charge is 0.397 e. The summed E-state index contributed by atoms with van der Waals surface area (Å²) in [6.45, 7) is 11.1. The zero-order valence-corrected chi connectivity index (χ0v) is 13.5. The van der Waals surface area contributed by atoms with Crippen molar-refractivity contribution in [2.24, 2.45) is 0 Å². The van der Waals surface area contributed by atoms with Crippen LogP contribution in [0.2, 0.25) is 0 Å². The van der Waals surface area contributed by atoms with E-state index in [0.717, 1.165) is 44.8 Å². The molecule has 0 atom stereocenters. The lowest BCUT2D eigenvalue weighted by atomic mass is 10.2. The fourth-order valence-electron chi connectivity index (χ4n) is 2.29. The molecule has 0 radical (unpaired) electrons. The van der Waals surface area contributed by atoms with Crippen LogP contribution in [0.4, 0.5) is 5.69 Å². The maximum atomic E-state index is 12.3. The van der Waals surface area contributed by atoms with E-state index in [0.29, 0.717) is 12.1 Å². The Hall–Kier alpha value is -1.62. The minimum Gasteiger partial charge on any atom is -0.397 e. The van der Waals surface area contributed by atoms with Gasteiger partial charge in [-0.2, -0.15) is 0 Å². The lowest BCUT2D eigenvalue weighted by Gasteiger charge is -2.23. The van der Waals surface area contributed by atoms with Gasteiger partial charge in [-0.25, -0.2) is 0 Å². The Balaban J connectivity index is 2.43. The second-order valence-electron chi connectivity index (χ2n) is 5.11. The summed E-state index contributed by atoms with van der Waals surface area (Å²) in [5.41, 5.74) is 7.00. The van der Waals surface area contributed by atoms with Crippen molar-refractivity contribution in [3.8, 4) is 0 Å². The van der Waals surface area contributed by atoms with E-state index in [1.807, 2.05) is 17.9 Å². The lowest BCUT2D eigenvalue weighted by molar-refractivity contribution is -0.130. The number of pyridine rings is 1.